The van der Waals surface area contributed by atoms with Gasteiger partial charge in [0.05, 0.1) is 17.9 Å². The molecule has 0 radical (unpaired) electrons. The van der Waals surface area contributed by atoms with Gasteiger partial charge in [-0.25, -0.2) is 0 Å². The van der Waals surface area contributed by atoms with Crippen molar-refractivity contribution in [2.75, 3.05) is 13.6 Å². The molecule has 0 aromatic rings. The molecule has 0 aromatic carbocycles. The maximum Gasteiger partial charge on any atom is 0.307 e. The van der Waals surface area contributed by atoms with Gasteiger partial charge in [-0.2, -0.15) is 0 Å². The van der Waals surface area contributed by atoms with Crippen LogP contribution in [-0.4, -0.2) is 46.7 Å². The zero-order valence-electron chi connectivity index (χ0n) is 10.6. The average molecular weight is 253 g/mol. The van der Waals surface area contributed by atoms with Gasteiger partial charge >= 0.3 is 5.97 Å². The van der Waals surface area contributed by atoms with Crippen molar-refractivity contribution in [1.29, 1.82) is 0 Å². The van der Waals surface area contributed by atoms with Gasteiger partial charge < -0.3 is 15.1 Å². The number of fused-ring (bicyclic) bond motifs is 2. The van der Waals surface area contributed by atoms with Gasteiger partial charge in [-0.05, 0) is 25.2 Å². The van der Waals surface area contributed by atoms with Gasteiger partial charge in [-0.15, -0.1) is 0 Å². The van der Waals surface area contributed by atoms with Crippen LogP contribution in [0.25, 0.3) is 0 Å². The summed E-state index contributed by atoms with van der Waals surface area (Å²) in [5.74, 6) is -2.11. The van der Waals surface area contributed by atoms with Crippen LogP contribution in [0, 0.1) is 23.7 Å². The van der Waals surface area contributed by atoms with E-state index in [0.717, 1.165) is 6.42 Å². The van der Waals surface area contributed by atoms with Crippen LogP contribution in [0.2, 0.25) is 0 Å². The van der Waals surface area contributed by atoms with E-state index in [1.165, 1.54) is 4.90 Å². The molecule has 0 spiro atoms. The van der Waals surface area contributed by atoms with E-state index in [9.17, 15) is 19.8 Å². The summed E-state index contributed by atoms with van der Waals surface area (Å²) in [5.41, 5.74) is 0. The molecule has 2 bridgehead atoms. The number of hydrogen-bond acceptors (Lipinski definition) is 3. The number of aliphatic carboxylic acids is 1. The van der Waals surface area contributed by atoms with Crippen LogP contribution in [-0.2, 0) is 9.59 Å². The largest absolute Gasteiger partial charge is 0.481 e. The lowest BCUT2D eigenvalue weighted by molar-refractivity contribution is -0.150. The van der Waals surface area contributed by atoms with E-state index in [-0.39, 0.29) is 24.3 Å². The second-order valence-corrected chi connectivity index (χ2v) is 5.41. The number of likely N-dealkylation sites (N-methyl/N-ethyl adjacent to an activating group) is 1. The number of allylic oxidation sites excluding steroid dienone is 2. The van der Waals surface area contributed by atoms with E-state index in [0.29, 0.717) is 0 Å². The van der Waals surface area contributed by atoms with Gasteiger partial charge in [0.2, 0.25) is 5.91 Å². The number of amides is 1. The number of hydrogen-bond donors (Lipinski definition) is 2. The zero-order chi connectivity index (χ0) is 13.4. The Morgan fingerprint density at radius 2 is 1.89 bits per heavy atom. The summed E-state index contributed by atoms with van der Waals surface area (Å²) in [6.45, 7) is 1.85. The van der Waals surface area contributed by atoms with Gasteiger partial charge in [-0.3, -0.25) is 9.59 Å². The van der Waals surface area contributed by atoms with Crippen molar-refractivity contribution < 1.29 is 19.8 Å². The zero-order valence-corrected chi connectivity index (χ0v) is 10.6. The third-order valence-electron chi connectivity index (χ3n) is 3.94. The number of rotatable bonds is 4. The van der Waals surface area contributed by atoms with Gasteiger partial charge in [0.25, 0.3) is 0 Å². The molecule has 2 N–H and O–H groups in total. The topological polar surface area (TPSA) is 77.8 Å². The Labute approximate surface area is 106 Å². The third kappa shape index (κ3) is 2.14. The lowest BCUT2D eigenvalue weighted by Crippen LogP contribution is -2.43. The van der Waals surface area contributed by atoms with Crippen molar-refractivity contribution in [3.63, 3.8) is 0 Å². The summed E-state index contributed by atoms with van der Waals surface area (Å²) in [6.07, 6.45) is 4.04. The van der Waals surface area contributed by atoms with Crippen molar-refractivity contribution in [3.8, 4) is 0 Å². The van der Waals surface area contributed by atoms with E-state index in [4.69, 9.17) is 0 Å². The number of carbonyl (C=O) groups excluding carboxylic acids is 1. The third-order valence-corrected chi connectivity index (χ3v) is 3.94. The van der Waals surface area contributed by atoms with E-state index in [1.54, 1.807) is 14.0 Å². The molecule has 5 atom stereocenters. The highest BCUT2D eigenvalue weighted by Gasteiger charge is 2.52. The van der Waals surface area contributed by atoms with Gasteiger partial charge in [0, 0.05) is 13.6 Å². The molecule has 5 nitrogen and oxygen atoms in total. The smallest absolute Gasteiger partial charge is 0.307 e. The Bertz CT molecular complexity index is 390. The summed E-state index contributed by atoms with van der Waals surface area (Å²) in [6, 6.07) is 0. The molecule has 2 aliphatic rings. The first-order valence-electron chi connectivity index (χ1n) is 6.26. The predicted octanol–water partition coefficient (Wildman–Crippen LogP) is 0.348. The van der Waals surface area contributed by atoms with Crippen LogP contribution in [0.1, 0.15) is 13.3 Å². The summed E-state index contributed by atoms with van der Waals surface area (Å²) >= 11 is 0. The first-order valence-corrected chi connectivity index (χ1v) is 6.26. The summed E-state index contributed by atoms with van der Waals surface area (Å²) in [5, 5.41) is 18.6. The van der Waals surface area contributed by atoms with Gasteiger partial charge in [-0.1, -0.05) is 12.2 Å². The molecule has 0 saturated heterocycles. The second kappa shape index (κ2) is 4.72. The number of carboxylic acid groups (broad SMARTS) is 1. The van der Waals surface area contributed by atoms with E-state index >= 15 is 0 Å². The monoisotopic (exact) mass is 253 g/mol. The van der Waals surface area contributed by atoms with Crippen LogP contribution in [0.5, 0.6) is 0 Å². The molecule has 0 heterocycles. The Morgan fingerprint density at radius 3 is 2.39 bits per heavy atom. The molecule has 1 saturated carbocycles. The maximum atomic E-state index is 12.3. The second-order valence-electron chi connectivity index (χ2n) is 5.41. The Morgan fingerprint density at radius 1 is 1.33 bits per heavy atom. The molecule has 0 aliphatic heterocycles. The molecule has 100 valence electrons. The fourth-order valence-corrected chi connectivity index (χ4v) is 3.24. The Hall–Kier alpha value is -1.36. The first-order chi connectivity index (χ1) is 8.41. The first kappa shape index (κ1) is 13.1. The molecule has 3 unspecified atom stereocenters. The fraction of sp³-hybridized carbons (Fsp3) is 0.692. The molecule has 18 heavy (non-hydrogen) atoms. The van der Waals surface area contributed by atoms with Crippen LogP contribution in [0.4, 0.5) is 0 Å². The van der Waals surface area contributed by atoms with E-state index in [2.05, 4.69) is 0 Å². The van der Waals surface area contributed by atoms with Crippen LogP contribution < -0.4 is 0 Å². The minimum Gasteiger partial charge on any atom is -0.481 e. The van der Waals surface area contributed by atoms with Crippen LogP contribution in [0.15, 0.2) is 12.2 Å². The minimum atomic E-state index is -0.893. The lowest BCUT2D eigenvalue weighted by atomic mass is 9.82. The average Bonchev–Trinajstić information content (AvgIpc) is 2.85. The highest BCUT2D eigenvalue weighted by atomic mass is 16.4. The SMILES string of the molecule is CC(O)CN(C)C(=O)[C@H]1C2C=CC(C2)[C@H]1C(=O)O. The minimum absolute atomic E-state index is 0.0126. The van der Waals surface area contributed by atoms with Crippen LogP contribution in [0.3, 0.4) is 0 Å². The van der Waals surface area contributed by atoms with Crippen molar-refractivity contribution in [2.24, 2.45) is 23.7 Å². The van der Waals surface area contributed by atoms with Crippen molar-refractivity contribution in [2.45, 2.75) is 19.4 Å². The number of aliphatic hydroxyl groups excluding tert-OH is 1. The van der Waals surface area contributed by atoms with Crippen LogP contribution >= 0.6 is 0 Å². The van der Waals surface area contributed by atoms with E-state index in [1.807, 2.05) is 12.2 Å². The maximum absolute atomic E-state index is 12.3. The highest BCUT2D eigenvalue weighted by molar-refractivity contribution is 5.86. The van der Waals surface area contributed by atoms with Gasteiger partial charge in [0.1, 0.15) is 0 Å². The van der Waals surface area contributed by atoms with Crippen molar-refractivity contribution in [3.05, 3.63) is 12.2 Å². The Balaban J connectivity index is 2.14. The van der Waals surface area contributed by atoms with Gasteiger partial charge in [0.15, 0.2) is 0 Å². The molecular formula is C13H19NO4. The molecule has 5 heteroatoms. The lowest BCUT2D eigenvalue weighted by Gasteiger charge is -2.29. The number of carbonyl (C=O) groups is 2. The highest BCUT2D eigenvalue weighted by Crippen LogP contribution is 2.48. The summed E-state index contributed by atoms with van der Waals surface area (Å²) in [4.78, 5) is 25.0. The molecular weight excluding hydrogens is 234 g/mol. The van der Waals surface area contributed by atoms with Crippen molar-refractivity contribution in [1.82, 2.24) is 4.90 Å². The number of aliphatic hydroxyl groups is 1. The summed E-state index contributed by atoms with van der Waals surface area (Å²) in [7, 11) is 1.61. The molecule has 0 aromatic heterocycles. The quantitative estimate of drug-likeness (QED) is 0.709. The molecule has 2 rings (SSSR count). The number of nitrogens with zero attached hydrogens (tertiary/aromatic N) is 1. The van der Waals surface area contributed by atoms with E-state index < -0.39 is 23.9 Å². The Kier molecular flexibility index (Phi) is 3.43. The normalized spacial score (nSPS) is 34.6. The molecule has 1 fully saturated rings. The predicted molar refractivity (Wildman–Crippen MR) is 64.7 cm³/mol. The number of carboxylic acids is 1. The molecule has 1 amide bonds. The fourth-order valence-electron chi connectivity index (χ4n) is 3.24. The standard InChI is InChI=1S/C13H19NO4/c1-7(15)6-14(2)12(16)10-8-3-4-9(5-8)11(10)13(17)18/h3-4,7-11,15H,5-6H2,1-2H3,(H,17,18)/t7?,8?,9?,10-,11+/m0/s1. The summed E-state index contributed by atoms with van der Waals surface area (Å²) < 4.78 is 0. The van der Waals surface area contributed by atoms with Crippen molar-refractivity contribution >= 4 is 11.9 Å². The molecule has 2 aliphatic carbocycles.